The molecule has 0 radical (unpaired) electrons. The zero-order valence-electron chi connectivity index (χ0n) is 11.5. The van der Waals surface area contributed by atoms with Crippen molar-refractivity contribution in [3.8, 4) is 11.5 Å². The SMILES string of the molecule is CN1CCCNC(c2ccc3c(c2)OCCCO3)C1. The summed E-state index contributed by atoms with van der Waals surface area (Å²) in [5.74, 6) is 1.77. The van der Waals surface area contributed by atoms with Crippen LogP contribution in [0.5, 0.6) is 11.5 Å². The molecule has 1 fully saturated rings. The number of hydrogen-bond acceptors (Lipinski definition) is 4. The zero-order valence-corrected chi connectivity index (χ0v) is 11.5. The lowest BCUT2D eigenvalue weighted by Crippen LogP contribution is -2.28. The first kappa shape index (κ1) is 12.8. The second-order valence-electron chi connectivity index (χ2n) is 5.38. The molecule has 0 aliphatic carbocycles. The minimum absolute atomic E-state index is 0.379. The third-order valence-corrected chi connectivity index (χ3v) is 3.78. The summed E-state index contributed by atoms with van der Waals surface area (Å²) < 4.78 is 11.5. The van der Waals surface area contributed by atoms with E-state index in [0.29, 0.717) is 6.04 Å². The normalized spacial score (nSPS) is 24.6. The summed E-state index contributed by atoms with van der Waals surface area (Å²) >= 11 is 0. The quantitative estimate of drug-likeness (QED) is 0.837. The Hall–Kier alpha value is -1.26. The van der Waals surface area contributed by atoms with E-state index in [0.717, 1.165) is 50.8 Å². The van der Waals surface area contributed by atoms with Gasteiger partial charge in [-0.05, 0) is 44.3 Å². The third-order valence-electron chi connectivity index (χ3n) is 3.78. The Kier molecular flexibility index (Phi) is 3.89. The second-order valence-corrected chi connectivity index (χ2v) is 5.38. The standard InChI is InChI=1S/C15H22N2O2/c1-17-7-2-6-16-13(11-17)12-4-5-14-15(10-12)19-9-3-8-18-14/h4-5,10,13,16H,2-3,6-9,11H2,1H3. The summed E-state index contributed by atoms with van der Waals surface area (Å²) in [6, 6.07) is 6.72. The van der Waals surface area contributed by atoms with Crippen LogP contribution >= 0.6 is 0 Å². The molecule has 1 aromatic rings. The first-order chi connectivity index (χ1) is 9.33. The number of benzene rings is 1. The van der Waals surface area contributed by atoms with E-state index in [1.165, 1.54) is 12.0 Å². The monoisotopic (exact) mass is 262 g/mol. The highest BCUT2D eigenvalue weighted by Crippen LogP contribution is 2.32. The number of nitrogens with one attached hydrogen (secondary N) is 1. The van der Waals surface area contributed by atoms with E-state index in [4.69, 9.17) is 9.47 Å². The molecule has 1 atom stereocenters. The summed E-state index contributed by atoms with van der Waals surface area (Å²) in [5.41, 5.74) is 1.29. The fourth-order valence-electron chi connectivity index (χ4n) is 2.71. The van der Waals surface area contributed by atoms with E-state index in [1.54, 1.807) is 0 Å². The van der Waals surface area contributed by atoms with Crippen molar-refractivity contribution in [2.45, 2.75) is 18.9 Å². The van der Waals surface area contributed by atoms with Gasteiger partial charge in [0.15, 0.2) is 11.5 Å². The van der Waals surface area contributed by atoms with Crippen LogP contribution in [0.3, 0.4) is 0 Å². The molecule has 0 spiro atoms. The molecule has 1 saturated heterocycles. The summed E-state index contributed by atoms with van der Waals surface area (Å²) in [6.45, 7) is 4.77. The van der Waals surface area contributed by atoms with E-state index >= 15 is 0 Å². The molecular weight excluding hydrogens is 240 g/mol. The van der Waals surface area contributed by atoms with Gasteiger partial charge in [-0.3, -0.25) is 0 Å². The fraction of sp³-hybridized carbons (Fsp3) is 0.600. The Bertz CT molecular complexity index is 436. The molecule has 0 saturated carbocycles. The Morgan fingerprint density at radius 1 is 1.16 bits per heavy atom. The van der Waals surface area contributed by atoms with Crippen molar-refractivity contribution in [1.29, 1.82) is 0 Å². The Morgan fingerprint density at radius 2 is 2.00 bits per heavy atom. The molecule has 1 N–H and O–H groups in total. The molecule has 4 nitrogen and oxygen atoms in total. The maximum atomic E-state index is 5.77. The van der Waals surface area contributed by atoms with Crippen molar-refractivity contribution < 1.29 is 9.47 Å². The van der Waals surface area contributed by atoms with Gasteiger partial charge in [-0.15, -0.1) is 0 Å². The fourth-order valence-corrected chi connectivity index (χ4v) is 2.71. The Balaban J connectivity index is 1.82. The van der Waals surface area contributed by atoms with Crippen LogP contribution in [0.25, 0.3) is 0 Å². The summed E-state index contributed by atoms with van der Waals surface area (Å²) in [5, 5.41) is 3.61. The van der Waals surface area contributed by atoms with Crippen molar-refractivity contribution in [3.63, 3.8) is 0 Å². The molecule has 0 amide bonds. The van der Waals surface area contributed by atoms with Crippen molar-refractivity contribution >= 4 is 0 Å². The minimum Gasteiger partial charge on any atom is -0.490 e. The van der Waals surface area contributed by atoms with Crippen LogP contribution in [-0.2, 0) is 0 Å². The van der Waals surface area contributed by atoms with Crippen molar-refractivity contribution in [3.05, 3.63) is 23.8 Å². The van der Waals surface area contributed by atoms with Crippen LogP contribution < -0.4 is 14.8 Å². The molecule has 0 aromatic heterocycles. The van der Waals surface area contributed by atoms with E-state index in [9.17, 15) is 0 Å². The van der Waals surface area contributed by atoms with E-state index in [2.05, 4.69) is 29.4 Å². The summed E-state index contributed by atoms with van der Waals surface area (Å²) in [7, 11) is 2.18. The molecule has 0 bridgehead atoms. The number of ether oxygens (including phenoxy) is 2. The molecule has 2 aliphatic heterocycles. The Morgan fingerprint density at radius 3 is 2.89 bits per heavy atom. The first-order valence-corrected chi connectivity index (χ1v) is 7.14. The Labute approximate surface area is 114 Å². The number of nitrogens with zero attached hydrogens (tertiary/aromatic N) is 1. The predicted molar refractivity (Wildman–Crippen MR) is 74.9 cm³/mol. The highest BCUT2D eigenvalue weighted by Gasteiger charge is 2.19. The highest BCUT2D eigenvalue weighted by atomic mass is 16.5. The first-order valence-electron chi connectivity index (χ1n) is 7.14. The largest absolute Gasteiger partial charge is 0.490 e. The minimum atomic E-state index is 0.379. The van der Waals surface area contributed by atoms with E-state index in [-0.39, 0.29) is 0 Å². The van der Waals surface area contributed by atoms with Crippen LogP contribution in [-0.4, -0.2) is 44.8 Å². The molecule has 104 valence electrons. The predicted octanol–water partition coefficient (Wildman–Crippen LogP) is 1.81. The third kappa shape index (κ3) is 3.01. The molecular formula is C15H22N2O2. The zero-order chi connectivity index (χ0) is 13.1. The smallest absolute Gasteiger partial charge is 0.161 e. The lowest BCUT2D eigenvalue weighted by Gasteiger charge is -2.21. The summed E-state index contributed by atoms with van der Waals surface area (Å²) in [6.07, 6.45) is 2.16. The molecule has 1 aromatic carbocycles. The maximum absolute atomic E-state index is 5.77. The average Bonchev–Trinajstić information content (AvgIpc) is 2.77. The number of fused-ring (bicyclic) bond motifs is 1. The van der Waals surface area contributed by atoms with Crippen molar-refractivity contribution in [2.24, 2.45) is 0 Å². The van der Waals surface area contributed by atoms with Gasteiger partial charge in [-0.25, -0.2) is 0 Å². The number of rotatable bonds is 1. The molecule has 2 aliphatic rings. The van der Waals surface area contributed by atoms with Gasteiger partial charge in [0, 0.05) is 19.0 Å². The van der Waals surface area contributed by atoms with Gasteiger partial charge >= 0.3 is 0 Å². The lowest BCUT2D eigenvalue weighted by molar-refractivity contribution is 0.296. The van der Waals surface area contributed by atoms with Gasteiger partial charge < -0.3 is 19.7 Å². The van der Waals surface area contributed by atoms with Crippen LogP contribution in [0.2, 0.25) is 0 Å². The molecule has 19 heavy (non-hydrogen) atoms. The van der Waals surface area contributed by atoms with Gasteiger partial charge in [0.1, 0.15) is 0 Å². The number of likely N-dealkylation sites (N-methyl/N-ethyl adjacent to an activating group) is 1. The van der Waals surface area contributed by atoms with Crippen LogP contribution in [0.15, 0.2) is 18.2 Å². The van der Waals surface area contributed by atoms with Gasteiger partial charge in [0.05, 0.1) is 13.2 Å². The van der Waals surface area contributed by atoms with Gasteiger partial charge in [-0.2, -0.15) is 0 Å². The van der Waals surface area contributed by atoms with Crippen molar-refractivity contribution in [1.82, 2.24) is 10.2 Å². The molecule has 3 rings (SSSR count). The summed E-state index contributed by atoms with van der Waals surface area (Å²) in [4.78, 5) is 2.38. The highest BCUT2D eigenvalue weighted by molar-refractivity contribution is 5.44. The average molecular weight is 262 g/mol. The molecule has 1 unspecified atom stereocenters. The van der Waals surface area contributed by atoms with E-state index in [1.807, 2.05) is 6.07 Å². The van der Waals surface area contributed by atoms with Gasteiger partial charge in [-0.1, -0.05) is 6.07 Å². The topological polar surface area (TPSA) is 33.7 Å². The van der Waals surface area contributed by atoms with Crippen LogP contribution in [0.1, 0.15) is 24.4 Å². The second kappa shape index (κ2) is 5.80. The number of hydrogen-bond donors (Lipinski definition) is 1. The molecule has 4 heteroatoms. The van der Waals surface area contributed by atoms with Crippen LogP contribution in [0.4, 0.5) is 0 Å². The van der Waals surface area contributed by atoms with Gasteiger partial charge in [0.2, 0.25) is 0 Å². The van der Waals surface area contributed by atoms with Crippen LogP contribution in [0, 0.1) is 0 Å². The van der Waals surface area contributed by atoms with Gasteiger partial charge in [0.25, 0.3) is 0 Å². The van der Waals surface area contributed by atoms with E-state index < -0.39 is 0 Å². The van der Waals surface area contributed by atoms with Crippen molar-refractivity contribution in [2.75, 3.05) is 39.9 Å². The molecule has 2 heterocycles. The maximum Gasteiger partial charge on any atom is 0.161 e. The lowest BCUT2D eigenvalue weighted by atomic mass is 10.1.